The van der Waals surface area contributed by atoms with Crippen LogP contribution in [0, 0.1) is 0 Å². The van der Waals surface area contributed by atoms with Crippen LogP contribution in [0.5, 0.6) is 5.75 Å². The fourth-order valence-corrected chi connectivity index (χ4v) is 2.14. The topological polar surface area (TPSA) is 55.6 Å². The average molecular weight is 255 g/mol. The molecule has 0 saturated carbocycles. The van der Waals surface area contributed by atoms with Gasteiger partial charge in [-0.25, -0.2) is 0 Å². The lowest BCUT2D eigenvalue weighted by atomic mass is 10.1. The third-order valence-corrected chi connectivity index (χ3v) is 3.02. The average Bonchev–Trinajstić information content (AvgIpc) is 2.32. The molecule has 92 valence electrons. The molecule has 0 spiro atoms. The van der Waals surface area contributed by atoms with Gasteiger partial charge in [-0.15, -0.1) is 11.6 Å². The van der Waals surface area contributed by atoms with Crippen LogP contribution in [0.15, 0.2) is 18.2 Å². The molecular formula is C12H15ClN2O2. The Morgan fingerprint density at radius 3 is 2.94 bits per heavy atom. The van der Waals surface area contributed by atoms with Crippen molar-refractivity contribution in [2.75, 3.05) is 17.4 Å². The number of hydrogen-bond donors (Lipinski definition) is 1. The summed E-state index contributed by atoms with van der Waals surface area (Å²) >= 11 is 5.82. The van der Waals surface area contributed by atoms with E-state index in [2.05, 4.69) is 0 Å². The highest BCUT2D eigenvalue weighted by Crippen LogP contribution is 2.35. The second-order valence-electron chi connectivity index (χ2n) is 3.99. The van der Waals surface area contributed by atoms with Crippen molar-refractivity contribution in [2.24, 2.45) is 5.73 Å². The summed E-state index contributed by atoms with van der Waals surface area (Å²) < 4.78 is 5.53. The number of fused-ring (bicyclic) bond motifs is 1. The Kier molecular flexibility index (Phi) is 3.54. The van der Waals surface area contributed by atoms with Crippen LogP contribution in [0.3, 0.4) is 0 Å². The number of alkyl halides is 1. The van der Waals surface area contributed by atoms with E-state index in [1.165, 1.54) is 4.90 Å². The van der Waals surface area contributed by atoms with Crippen LogP contribution >= 0.6 is 11.6 Å². The summed E-state index contributed by atoms with van der Waals surface area (Å²) in [4.78, 5) is 13.4. The largest absolute Gasteiger partial charge is 0.479 e. The third-order valence-electron chi connectivity index (χ3n) is 2.78. The number of hydrogen-bond acceptors (Lipinski definition) is 3. The van der Waals surface area contributed by atoms with Gasteiger partial charge in [0.2, 0.25) is 0 Å². The van der Waals surface area contributed by atoms with E-state index in [0.717, 1.165) is 17.7 Å². The zero-order valence-electron chi connectivity index (χ0n) is 9.65. The Hall–Kier alpha value is -1.26. The predicted octanol–water partition coefficient (Wildman–Crippen LogP) is 1.50. The van der Waals surface area contributed by atoms with Gasteiger partial charge in [-0.3, -0.25) is 9.69 Å². The number of halogens is 1. The number of nitrogens with two attached hydrogens (primary N) is 1. The molecule has 0 fully saturated rings. The molecule has 1 aliphatic heterocycles. The van der Waals surface area contributed by atoms with Crippen molar-refractivity contribution in [2.45, 2.75) is 19.4 Å². The minimum atomic E-state index is -0.485. The lowest BCUT2D eigenvalue weighted by molar-refractivity contribution is -0.125. The molecule has 5 heteroatoms. The van der Waals surface area contributed by atoms with Gasteiger partial charge in [-0.1, -0.05) is 6.07 Å². The fraction of sp³-hybridized carbons (Fsp3) is 0.417. The maximum atomic E-state index is 11.9. The van der Waals surface area contributed by atoms with Gasteiger partial charge in [-0.05, 0) is 37.6 Å². The number of rotatable bonds is 3. The van der Waals surface area contributed by atoms with Gasteiger partial charge in [0.1, 0.15) is 11.8 Å². The maximum Gasteiger partial charge on any atom is 0.268 e. The van der Waals surface area contributed by atoms with Gasteiger partial charge >= 0.3 is 0 Å². The van der Waals surface area contributed by atoms with E-state index in [-0.39, 0.29) is 11.9 Å². The Labute approximate surface area is 105 Å². The summed E-state index contributed by atoms with van der Waals surface area (Å²) in [6, 6.07) is 5.86. The molecule has 0 aromatic heterocycles. The predicted molar refractivity (Wildman–Crippen MR) is 67.5 cm³/mol. The smallest absolute Gasteiger partial charge is 0.268 e. The lowest BCUT2D eigenvalue weighted by Gasteiger charge is -2.31. The Morgan fingerprint density at radius 2 is 2.29 bits per heavy atom. The first-order valence-electron chi connectivity index (χ1n) is 5.54. The van der Waals surface area contributed by atoms with Crippen molar-refractivity contribution in [3.05, 3.63) is 23.8 Å². The van der Waals surface area contributed by atoms with Crippen molar-refractivity contribution in [1.29, 1.82) is 0 Å². The monoisotopic (exact) mass is 254 g/mol. The number of carbonyl (C=O) groups excluding carboxylic acids is 1. The van der Waals surface area contributed by atoms with Crippen LogP contribution in [0.2, 0.25) is 0 Å². The van der Waals surface area contributed by atoms with Crippen LogP contribution in [0.4, 0.5) is 5.69 Å². The van der Waals surface area contributed by atoms with Crippen LogP contribution in [0.25, 0.3) is 0 Å². The second kappa shape index (κ2) is 4.94. The molecule has 1 aromatic rings. The highest BCUT2D eigenvalue weighted by Gasteiger charge is 2.30. The molecule has 2 rings (SSSR count). The summed E-state index contributed by atoms with van der Waals surface area (Å²) in [5, 5.41) is 0. The van der Waals surface area contributed by atoms with Crippen molar-refractivity contribution in [1.82, 2.24) is 0 Å². The van der Waals surface area contributed by atoms with Gasteiger partial charge in [-0.2, -0.15) is 0 Å². The van der Waals surface area contributed by atoms with E-state index in [1.54, 1.807) is 6.92 Å². The quantitative estimate of drug-likeness (QED) is 0.657. The van der Waals surface area contributed by atoms with E-state index in [4.69, 9.17) is 22.1 Å². The Balaban J connectivity index is 2.41. The van der Waals surface area contributed by atoms with Crippen molar-refractivity contribution in [3.63, 3.8) is 0 Å². The molecule has 4 nitrogen and oxygen atoms in total. The summed E-state index contributed by atoms with van der Waals surface area (Å²) in [5.74, 6) is 0.580. The molecule has 0 saturated heterocycles. The molecular weight excluding hydrogens is 240 g/mol. The summed E-state index contributed by atoms with van der Waals surface area (Å²) in [7, 11) is 0. The van der Waals surface area contributed by atoms with E-state index in [0.29, 0.717) is 12.3 Å². The lowest BCUT2D eigenvalue weighted by Crippen LogP contribution is -2.43. The molecule has 0 bridgehead atoms. The fourth-order valence-electron chi connectivity index (χ4n) is 1.90. The number of amides is 1. The molecule has 1 aromatic carbocycles. The standard InChI is InChI=1S/C12H15ClN2O2/c1-8-12(16)15(7-13)10-6-9(4-5-14)2-3-11(10)17-8/h2-3,6,8H,4-5,7,14H2,1H3. The van der Waals surface area contributed by atoms with Crippen molar-refractivity contribution >= 4 is 23.2 Å². The zero-order valence-corrected chi connectivity index (χ0v) is 10.4. The van der Waals surface area contributed by atoms with Crippen LogP contribution < -0.4 is 15.4 Å². The second-order valence-corrected chi connectivity index (χ2v) is 4.23. The zero-order chi connectivity index (χ0) is 12.4. The number of ether oxygens (including phenoxy) is 1. The van der Waals surface area contributed by atoms with Gasteiger partial charge in [0.15, 0.2) is 6.10 Å². The first-order chi connectivity index (χ1) is 8.17. The third kappa shape index (κ3) is 2.23. The van der Waals surface area contributed by atoms with Gasteiger partial charge in [0.05, 0.1) is 5.69 Å². The highest BCUT2D eigenvalue weighted by molar-refractivity contribution is 6.22. The van der Waals surface area contributed by atoms with Gasteiger partial charge in [0.25, 0.3) is 5.91 Å². The maximum absolute atomic E-state index is 11.9. The summed E-state index contributed by atoms with van der Waals surface area (Å²) in [6.45, 7) is 2.30. The number of anilines is 1. The molecule has 1 aliphatic rings. The van der Waals surface area contributed by atoms with Crippen LogP contribution in [0.1, 0.15) is 12.5 Å². The first-order valence-corrected chi connectivity index (χ1v) is 6.08. The van der Waals surface area contributed by atoms with E-state index in [1.807, 2.05) is 18.2 Å². The van der Waals surface area contributed by atoms with Gasteiger partial charge in [0, 0.05) is 0 Å². The first kappa shape index (κ1) is 12.2. The van der Waals surface area contributed by atoms with Gasteiger partial charge < -0.3 is 10.5 Å². The van der Waals surface area contributed by atoms with E-state index >= 15 is 0 Å². The molecule has 1 amide bonds. The van der Waals surface area contributed by atoms with Crippen molar-refractivity contribution < 1.29 is 9.53 Å². The van der Waals surface area contributed by atoms with Crippen molar-refractivity contribution in [3.8, 4) is 5.75 Å². The summed E-state index contributed by atoms with van der Waals surface area (Å²) in [5.41, 5.74) is 7.32. The normalized spacial score (nSPS) is 18.9. The van der Waals surface area contributed by atoms with Crippen LogP contribution in [-0.2, 0) is 11.2 Å². The molecule has 0 radical (unpaired) electrons. The molecule has 1 heterocycles. The van der Waals surface area contributed by atoms with Crippen LogP contribution in [-0.4, -0.2) is 24.6 Å². The summed E-state index contributed by atoms with van der Waals surface area (Å²) in [6.07, 6.45) is 0.286. The Morgan fingerprint density at radius 1 is 1.53 bits per heavy atom. The van der Waals surface area contributed by atoms with E-state index in [9.17, 15) is 4.79 Å². The molecule has 1 unspecified atom stereocenters. The number of benzene rings is 1. The minimum absolute atomic E-state index is 0.114. The molecule has 2 N–H and O–H groups in total. The number of carbonyl (C=O) groups is 1. The molecule has 17 heavy (non-hydrogen) atoms. The molecule has 0 aliphatic carbocycles. The minimum Gasteiger partial charge on any atom is -0.479 e. The highest BCUT2D eigenvalue weighted by atomic mass is 35.5. The van der Waals surface area contributed by atoms with E-state index < -0.39 is 6.10 Å². The SMILES string of the molecule is CC1Oc2ccc(CCN)cc2N(CCl)C1=O. The molecule has 1 atom stereocenters. The Bertz CT molecular complexity index is 437. The number of nitrogens with zero attached hydrogens (tertiary/aromatic N) is 1.